The molecule has 3 heteroatoms. The summed E-state index contributed by atoms with van der Waals surface area (Å²) in [6, 6.07) is 8.82. The minimum absolute atomic E-state index is 0.388. The van der Waals surface area contributed by atoms with E-state index in [4.69, 9.17) is 0 Å². The summed E-state index contributed by atoms with van der Waals surface area (Å²) in [6.07, 6.45) is 0.647. The molecular formula is C15H19F3. The van der Waals surface area contributed by atoms with Gasteiger partial charge in [-0.15, -0.1) is 0 Å². The van der Waals surface area contributed by atoms with Gasteiger partial charge in [0.2, 0.25) is 0 Å². The second kappa shape index (κ2) is 7.24. The van der Waals surface area contributed by atoms with Crippen molar-refractivity contribution in [2.24, 2.45) is 0 Å². The van der Waals surface area contributed by atoms with Crippen LogP contribution in [0.1, 0.15) is 44.6 Å². The summed E-state index contributed by atoms with van der Waals surface area (Å²) >= 11 is 0. The lowest BCUT2D eigenvalue weighted by atomic mass is 9.99. The van der Waals surface area contributed by atoms with Gasteiger partial charge in [0.05, 0.1) is 0 Å². The molecule has 0 radical (unpaired) electrons. The van der Waals surface area contributed by atoms with Crippen LogP contribution < -0.4 is 0 Å². The number of benzene rings is 1. The van der Waals surface area contributed by atoms with Crippen molar-refractivity contribution in [2.75, 3.05) is 0 Å². The minimum atomic E-state index is -4.24. The zero-order valence-corrected chi connectivity index (χ0v) is 10.6. The van der Waals surface area contributed by atoms with Crippen molar-refractivity contribution in [3.05, 3.63) is 42.0 Å². The molecule has 0 aliphatic carbocycles. The number of hydrogen-bond acceptors (Lipinski definition) is 0. The predicted octanol–water partition coefficient (Wildman–Crippen LogP) is 5.60. The van der Waals surface area contributed by atoms with Gasteiger partial charge in [0.15, 0.2) is 0 Å². The van der Waals surface area contributed by atoms with Crippen molar-refractivity contribution in [3.8, 4) is 0 Å². The highest BCUT2D eigenvalue weighted by Crippen LogP contribution is 2.27. The second-order valence-electron chi connectivity index (χ2n) is 4.39. The maximum Gasteiger partial charge on any atom is 0.410 e. The zero-order valence-electron chi connectivity index (χ0n) is 10.6. The van der Waals surface area contributed by atoms with E-state index in [1.165, 1.54) is 0 Å². The third-order valence-corrected chi connectivity index (χ3v) is 2.78. The molecule has 0 amide bonds. The first-order valence-electron chi connectivity index (χ1n) is 6.37. The summed E-state index contributed by atoms with van der Waals surface area (Å²) in [6.45, 7) is 2.09. The number of hydrogen-bond donors (Lipinski definition) is 0. The van der Waals surface area contributed by atoms with Crippen LogP contribution in [0.25, 0.3) is 5.57 Å². The van der Waals surface area contributed by atoms with E-state index in [0.29, 0.717) is 23.6 Å². The molecule has 0 nitrogen and oxygen atoms in total. The van der Waals surface area contributed by atoms with E-state index >= 15 is 0 Å². The van der Waals surface area contributed by atoms with Gasteiger partial charge in [-0.25, -0.2) is 0 Å². The van der Waals surface area contributed by atoms with Crippen molar-refractivity contribution in [3.63, 3.8) is 0 Å². The molecule has 0 aliphatic heterocycles. The highest BCUT2D eigenvalue weighted by molar-refractivity contribution is 5.66. The first kappa shape index (κ1) is 14.8. The highest BCUT2D eigenvalue weighted by Gasteiger charge is 2.24. The van der Waals surface area contributed by atoms with E-state index in [1.54, 1.807) is 24.3 Å². The van der Waals surface area contributed by atoms with Crippen molar-refractivity contribution in [2.45, 2.75) is 45.2 Å². The van der Waals surface area contributed by atoms with Gasteiger partial charge >= 0.3 is 6.18 Å². The number of rotatable bonds is 6. The molecular weight excluding hydrogens is 237 g/mol. The molecule has 0 bridgehead atoms. The van der Waals surface area contributed by atoms with Gasteiger partial charge in [0.25, 0.3) is 0 Å². The fourth-order valence-corrected chi connectivity index (χ4v) is 1.89. The molecule has 0 saturated heterocycles. The molecule has 0 heterocycles. The van der Waals surface area contributed by atoms with Gasteiger partial charge in [-0.05, 0) is 24.0 Å². The monoisotopic (exact) mass is 256 g/mol. The van der Waals surface area contributed by atoms with E-state index in [2.05, 4.69) is 6.92 Å². The summed E-state index contributed by atoms with van der Waals surface area (Å²) in [5.41, 5.74) is 1.06. The lowest BCUT2D eigenvalue weighted by Crippen LogP contribution is -2.03. The Morgan fingerprint density at radius 2 is 1.72 bits per heavy atom. The molecule has 100 valence electrons. The van der Waals surface area contributed by atoms with Gasteiger partial charge in [0, 0.05) is 6.08 Å². The van der Waals surface area contributed by atoms with Crippen LogP contribution in [0.15, 0.2) is 36.4 Å². The topological polar surface area (TPSA) is 0 Å². The average Bonchev–Trinajstić information content (AvgIpc) is 2.33. The Kier molecular flexibility index (Phi) is 5.96. The minimum Gasteiger partial charge on any atom is -0.167 e. The predicted molar refractivity (Wildman–Crippen MR) is 69.2 cm³/mol. The van der Waals surface area contributed by atoms with Crippen LogP contribution in [0.4, 0.5) is 13.2 Å². The quantitative estimate of drug-likeness (QED) is 0.581. The standard InChI is InChI=1S/C15H19F3/c1-2-3-4-6-11-14(12-15(16,17)18)13-9-7-5-8-10-13/h5,7-10,12H,2-4,6,11H2,1H3/b14-12-. The fraction of sp³-hybridized carbons (Fsp3) is 0.467. The molecule has 0 fully saturated rings. The lowest BCUT2D eigenvalue weighted by Gasteiger charge is -2.10. The Bertz CT molecular complexity index is 363. The molecule has 0 unspecified atom stereocenters. The van der Waals surface area contributed by atoms with Crippen LogP contribution in [0.3, 0.4) is 0 Å². The van der Waals surface area contributed by atoms with E-state index in [0.717, 1.165) is 25.7 Å². The summed E-state index contributed by atoms with van der Waals surface area (Å²) in [7, 11) is 0. The summed E-state index contributed by atoms with van der Waals surface area (Å²) < 4.78 is 37.5. The van der Waals surface area contributed by atoms with Crippen molar-refractivity contribution < 1.29 is 13.2 Å². The van der Waals surface area contributed by atoms with Crippen LogP contribution in [-0.4, -0.2) is 6.18 Å². The van der Waals surface area contributed by atoms with Crippen LogP contribution in [0, 0.1) is 0 Å². The highest BCUT2D eigenvalue weighted by atomic mass is 19.4. The van der Waals surface area contributed by atoms with Gasteiger partial charge in [-0.3, -0.25) is 0 Å². The Balaban J connectivity index is 2.74. The largest absolute Gasteiger partial charge is 0.410 e. The summed E-state index contributed by atoms with van der Waals surface area (Å²) in [4.78, 5) is 0. The molecule has 0 aromatic heterocycles. The first-order chi connectivity index (χ1) is 8.53. The summed E-state index contributed by atoms with van der Waals surface area (Å²) in [5, 5.41) is 0. The van der Waals surface area contributed by atoms with Crippen LogP contribution in [0.2, 0.25) is 0 Å². The fourth-order valence-electron chi connectivity index (χ4n) is 1.89. The van der Waals surface area contributed by atoms with Gasteiger partial charge in [0.1, 0.15) is 0 Å². The van der Waals surface area contributed by atoms with Crippen molar-refractivity contribution in [1.82, 2.24) is 0 Å². The van der Waals surface area contributed by atoms with Crippen LogP contribution >= 0.6 is 0 Å². The molecule has 1 aromatic rings. The Morgan fingerprint density at radius 1 is 1.06 bits per heavy atom. The van der Waals surface area contributed by atoms with E-state index < -0.39 is 6.18 Å². The third kappa shape index (κ3) is 5.89. The number of halogens is 3. The average molecular weight is 256 g/mol. The van der Waals surface area contributed by atoms with Crippen molar-refractivity contribution >= 4 is 5.57 Å². The van der Waals surface area contributed by atoms with Gasteiger partial charge in [-0.2, -0.15) is 13.2 Å². The maximum absolute atomic E-state index is 12.5. The molecule has 18 heavy (non-hydrogen) atoms. The lowest BCUT2D eigenvalue weighted by molar-refractivity contribution is -0.0794. The number of unbranched alkanes of at least 4 members (excludes halogenated alkanes) is 3. The van der Waals surface area contributed by atoms with E-state index in [1.807, 2.05) is 6.07 Å². The molecule has 1 aromatic carbocycles. The van der Waals surface area contributed by atoms with Crippen LogP contribution in [-0.2, 0) is 0 Å². The molecule has 0 atom stereocenters. The summed E-state index contributed by atoms with van der Waals surface area (Å²) in [5.74, 6) is 0. The number of alkyl halides is 3. The SMILES string of the molecule is CCCCCC/C(=C/C(F)(F)F)c1ccccc1. The van der Waals surface area contributed by atoms with Crippen LogP contribution in [0.5, 0.6) is 0 Å². The molecule has 0 aliphatic rings. The Hall–Kier alpha value is -1.25. The number of allylic oxidation sites excluding steroid dienone is 2. The second-order valence-corrected chi connectivity index (χ2v) is 4.39. The smallest absolute Gasteiger partial charge is 0.167 e. The third-order valence-electron chi connectivity index (χ3n) is 2.78. The first-order valence-corrected chi connectivity index (χ1v) is 6.37. The molecule has 0 saturated carbocycles. The Morgan fingerprint density at radius 3 is 2.28 bits per heavy atom. The molecule has 0 N–H and O–H groups in total. The van der Waals surface area contributed by atoms with Gasteiger partial charge in [-0.1, -0.05) is 56.5 Å². The Labute approximate surface area is 107 Å². The molecule has 1 rings (SSSR count). The normalized spacial score (nSPS) is 12.8. The van der Waals surface area contributed by atoms with E-state index in [9.17, 15) is 13.2 Å². The maximum atomic E-state index is 12.5. The van der Waals surface area contributed by atoms with Crippen molar-refractivity contribution in [1.29, 1.82) is 0 Å². The molecule has 0 spiro atoms. The van der Waals surface area contributed by atoms with Gasteiger partial charge < -0.3 is 0 Å². The zero-order chi connectivity index (χ0) is 13.4. The van der Waals surface area contributed by atoms with E-state index in [-0.39, 0.29) is 0 Å².